The van der Waals surface area contributed by atoms with E-state index in [1.54, 1.807) is 0 Å². The average Bonchev–Trinajstić information content (AvgIpc) is 2.97. The lowest BCUT2D eigenvalue weighted by atomic mass is 10.0. The zero-order valence-corrected chi connectivity index (χ0v) is 13.5. The van der Waals surface area contributed by atoms with Crippen molar-refractivity contribution in [2.75, 3.05) is 19.7 Å². The van der Waals surface area contributed by atoms with Gasteiger partial charge in [-0.05, 0) is 19.4 Å². The first-order chi connectivity index (χ1) is 11.7. The minimum absolute atomic E-state index is 0.0844. The largest absolute Gasteiger partial charge is 0.441 e. The van der Waals surface area contributed by atoms with E-state index in [4.69, 9.17) is 4.52 Å². The van der Waals surface area contributed by atoms with Crippen LogP contribution in [0.5, 0.6) is 0 Å². The smallest absolute Gasteiger partial charge is 0.395 e. The Bertz CT molecular complexity index is 697. The van der Waals surface area contributed by atoms with Gasteiger partial charge in [-0.25, -0.2) is 4.79 Å². The molecule has 0 aliphatic carbocycles. The summed E-state index contributed by atoms with van der Waals surface area (Å²) in [7, 11) is 0. The van der Waals surface area contributed by atoms with Gasteiger partial charge in [-0.3, -0.25) is 14.0 Å². The minimum atomic E-state index is -0.739. The molecule has 1 saturated heterocycles. The second kappa shape index (κ2) is 7.74. The molecule has 0 saturated carbocycles. The molecule has 1 aliphatic rings. The third kappa shape index (κ3) is 3.75. The molecule has 2 aromatic rings. The van der Waals surface area contributed by atoms with Crippen LogP contribution >= 0.6 is 0 Å². The lowest BCUT2D eigenvalue weighted by Crippen LogP contribution is -2.46. The molecule has 0 spiro atoms. The summed E-state index contributed by atoms with van der Waals surface area (Å²) in [5.74, 6) is -0.165. The first-order valence-electron chi connectivity index (χ1n) is 8.34. The Morgan fingerprint density at radius 2 is 2.04 bits per heavy atom. The van der Waals surface area contributed by atoms with E-state index in [-0.39, 0.29) is 19.2 Å². The maximum atomic E-state index is 11.9. The monoisotopic (exact) mass is 333 g/mol. The molecule has 1 aliphatic heterocycles. The van der Waals surface area contributed by atoms with Crippen molar-refractivity contribution in [2.45, 2.75) is 38.0 Å². The van der Waals surface area contributed by atoms with E-state index < -0.39 is 11.9 Å². The maximum Gasteiger partial charge on any atom is 0.441 e. The number of aliphatic hydroxyl groups excluding tert-OH is 2. The molecule has 7 nitrogen and oxygen atoms in total. The number of likely N-dealkylation sites (tertiary alicyclic amines) is 1. The highest BCUT2D eigenvalue weighted by atomic mass is 16.5. The zero-order chi connectivity index (χ0) is 16.9. The Labute approximate surface area is 140 Å². The summed E-state index contributed by atoms with van der Waals surface area (Å²) in [6, 6.07) is 9.36. The van der Waals surface area contributed by atoms with Gasteiger partial charge in [0.2, 0.25) is 0 Å². The van der Waals surface area contributed by atoms with Crippen molar-refractivity contribution in [1.29, 1.82) is 0 Å². The second-order valence-electron chi connectivity index (χ2n) is 6.23. The van der Waals surface area contributed by atoms with Crippen molar-refractivity contribution in [3.05, 3.63) is 40.9 Å². The summed E-state index contributed by atoms with van der Waals surface area (Å²) in [4.78, 5) is 14.0. The highest BCUT2D eigenvalue weighted by Gasteiger charge is 2.25. The molecule has 1 aromatic carbocycles. The van der Waals surface area contributed by atoms with Gasteiger partial charge in [0.25, 0.3) is 0 Å². The molecule has 2 N–H and O–H groups in total. The van der Waals surface area contributed by atoms with E-state index >= 15 is 0 Å². The van der Waals surface area contributed by atoms with E-state index in [2.05, 4.69) is 10.1 Å². The molecule has 7 heteroatoms. The Kier molecular flexibility index (Phi) is 5.44. The van der Waals surface area contributed by atoms with Crippen LogP contribution in [0.2, 0.25) is 0 Å². The molecule has 24 heavy (non-hydrogen) atoms. The molecular weight excluding hydrogens is 310 g/mol. The zero-order valence-electron chi connectivity index (χ0n) is 13.5. The fraction of sp³-hybridized carbons (Fsp3) is 0.529. The second-order valence-corrected chi connectivity index (χ2v) is 6.23. The number of piperidine rings is 1. The van der Waals surface area contributed by atoms with Crippen LogP contribution in [0.15, 0.2) is 39.6 Å². The van der Waals surface area contributed by atoms with E-state index in [1.807, 2.05) is 30.3 Å². The van der Waals surface area contributed by atoms with Crippen LogP contribution in [0.25, 0.3) is 11.4 Å². The van der Waals surface area contributed by atoms with Gasteiger partial charge < -0.3 is 10.2 Å². The average molecular weight is 333 g/mol. The standard InChI is InChI=1S/C17H23N3O4/c21-12-14-8-4-5-9-19(14)10-15(22)11-20-16(18-24-17(20)23)13-6-2-1-3-7-13/h1-3,6-7,14-15,21-22H,4-5,8-12H2/t14-,15?/m1/s1. The SMILES string of the molecule is O=c1onc(-c2ccccc2)n1CC(O)CN1CCCC[C@@H]1CO. The van der Waals surface area contributed by atoms with Gasteiger partial charge in [0.1, 0.15) is 0 Å². The summed E-state index contributed by atoms with van der Waals surface area (Å²) >= 11 is 0. The van der Waals surface area contributed by atoms with E-state index in [1.165, 1.54) is 4.57 Å². The summed E-state index contributed by atoms with van der Waals surface area (Å²) in [6.07, 6.45) is 2.36. The first kappa shape index (κ1) is 16.9. The Hall–Kier alpha value is -1.96. The predicted molar refractivity (Wildman–Crippen MR) is 88.5 cm³/mol. The molecule has 3 rings (SSSR count). The van der Waals surface area contributed by atoms with E-state index in [0.29, 0.717) is 12.4 Å². The third-order valence-corrected chi connectivity index (χ3v) is 4.52. The van der Waals surface area contributed by atoms with Crippen LogP contribution in [0.4, 0.5) is 0 Å². The maximum absolute atomic E-state index is 11.9. The van der Waals surface area contributed by atoms with Crippen molar-refractivity contribution in [2.24, 2.45) is 0 Å². The van der Waals surface area contributed by atoms with Gasteiger partial charge in [0, 0.05) is 18.2 Å². The number of β-amino-alcohol motifs (C(OH)–C–C–N with tert-alkyl or cyclic N) is 1. The molecule has 2 heterocycles. The number of nitrogens with zero attached hydrogens (tertiary/aromatic N) is 3. The molecule has 130 valence electrons. The van der Waals surface area contributed by atoms with Crippen LogP contribution in [0.3, 0.4) is 0 Å². The molecule has 1 unspecified atom stereocenters. The van der Waals surface area contributed by atoms with E-state index in [0.717, 1.165) is 31.4 Å². The summed E-state index contributed by atoms with van der Waals surface area (Å²) < 4.78 is 6.13. The van der Waals surface area contributed by atoms with Crippen LogP contribution in [0.1, 0.15) is 19.3 Å². The van der Waals surface area contributed by atoms with Crippen molar-refractivity contribution in [3.8, 4) is 11.4 Å². The number of hydrogen-bond donors (Lipinski definition) is 2. The number of aromatic nitrogens is 2. The Balaban J connectivity index is 1.72. The molecular formula is C17H23N3O4. The summed E-state index contributed by atoms with van der Waals surface area (Å²) in [5.41, 5.74) is 0.766. The normalized spacial score (nSPS) is 20.2. The topological polar surface area (TPSA) is 91.7 Å². The van der Waals surface area contributed by atoms with Crippen molar-refractivity contribution < 1.29 is 14.7 Å². The van der Waals surface area contributed by atoms with Gasteiger partial charge in [0.15, 0.2) is 5.82 Å². The van der Waals surface area contributed by atoms with Gasteiger partial charge >= 0.3 is 5.76 Å². The number of hydrogen-bond acceptors (Lipinski definition) is 6. The number of benzene rings is 1. The fourth-order valence-corrected chi connectivity index (χ4v) is 3.27. The molecule has 2 atom stereocenters. The lowest BCUT2D eigenvalue weighted by molar-refractivity contribution is 0.0355. The van der Waals surface area contributed by atoms with Gasteiger partial charge in [-0.2, -0.15) is 0 Å². The van der Waals surface area contributed by atoms with Gasteiger partial charge in [0.05, 0.1) is 19.3 Å². The number of rotatable bonds is 6. The fourth-order valence-electron chi connectivity index (χ4n) is 3.27. The van der Waals surface area contributed by atoms with Gasteiger partial charge in [-0.15, -0.1) is 0 Å². The van der Waals surface area contributed by atoms with Crippen LogP contribution in [-0.2, 0) is 6.54 Å². The minimum Gasteiger partial charge on any atom is -0.395 e. The first-order valence-corrected chi connectivity index (χ1v) is 8.34. The van der Waals surface area contributed by atoms with Crippen LogP contribution in [0, 0.1) is 0 Å². The highest BCUT2D eigenvalue weighted by Crippen LogP contribution is 2.18. The van der Waals surface area contributed by atoms with E-state index in [9.17, 15) is 15.0 Å². The third-order valence-electron chi connectivity index (χ3n) is 4.52. The summed E-state index contributed by atoms with van der Waals surface area (Å²) in [5, 5.41) is 23.7. The Morgan fingerprint density at radius 3 is 2.79 bits per heavy atom. The molecule has 0 radical (unpaired) electrons. The lowest BCUT2D eigenvalue weighted by Gasteiger charge is -2.35. The Morgan fingerprint density at radius 1 is 1.25 bits per heavy atom. The summed E-state index contributed by atoms with van der Waals surface area (Å²) in [6.45, 7) is 1.47. The predicted octanol–water partition coefficient (Wildman–Crippen LogP) is 0.711. The molecule has 0 bridgehead atoms. The van der Waals surface area contributed by atoms with Crippen LogP contribution < -0.4 is 5.76 Å². The van der Waals surface area contributed by atoms with Gasteiger partial charge in [-0.1, -0.05) is 41.9 Å². The van der Waals surface area contributed by atoms with Crippen molar-refractivity contribution >= 4 is 0 Å². The molecule has 1 aromatic heterocycles. The number of aliphatic hydroxyl groups is 2. The quantitative estimate of drug-likeness (QED) is 0.809. The van der Waals surface area contributed by atoms with Crippen molar-refractivity contribution in [1.82, 2.24) is 14.6 Å². The van der Waals surface area contributed by atoms with Crippen LogP contribution in [-0.4, -0.2) is 56.7 Å². The highest BCUT2D eigenvalue weighted by molar-refractivity contribution is 5.54. The van der Waals surface area contributed by atoms with Crippen molar-refractivity contribution in [3.63, 3.8) is 0 Å². The molecule has 0 amide bonds. The molecule has 1 fully saturated rings.